The number of aryl methyl sites for hydroxylation is 4. The van der Waals surface area contributed by atoms with Gasteiger partial charge in [0.2, 0.25) is 11.8 Å². The van der Waals surface area contributed by atoms with Crippen molar-refractivity contribution in [2.45, 2.75) is 53.8 Å². The molecule has 17 heteroatoms. The molecule has 0 bridgehead atoms. The topological polar surface area (TPSA) is 284 Å². The molecule has 2 unspecified atom stereocenters. The van der Waals surface area contributed by atoms with E-state index in [1.54, 1.807) is 0 Å². The number of rotatable bonds is 10. The summed E-state index contributed by atoms with van der Waals surface area (Å²) in [6, 6.07) is 11.6. The van der Waals surface area contributed by atoms with E-state index in [1.807, 2.05) is 64.1 Å². The van der Waals surface area contributed by atoms with Gasteiger partial charge in [-0.1, -0.05) is 35.4 Å². The van der Waals surface area contributed by atoms with Gasteiger partial charge in [0.15, 0.2) is 11.9 Å². The SMILES string of the molecule is CC(=O)N(CC(O)CN=C(N)N)c1ccc(C)cc1C.CC(=O)N(CC(O)CN=C(N)N)c1ccc(C)cc1C.O=S(=O)(O)O. The molecule has 2 aromatic carbocycles. The van der Waals surface area contributed by atoms with E-state index in [1.165, 1.54) is 23.6 Å². The fraction of sp³-hybridized carbons (Fsp3) is 0.429. The van der Waals surface area contributed by atoms with Gasteiger partial charge in [-0.3, -0.25) is 28.7 Å². The van der Waals surface area contributed by atoms with E-state index < -0.39 is 22.6 Å². The maximum atomic E-state index is 11.8. The first-order valence-electron chi connectivity index (χ1n) is 13.5. The van der Waals surface area contributed by atoms with Crippen molar-refractivity contribution in [3.63, 3.8) is 0 Å². The van der Waals surface area contributed by atoms with Gasteiger partial charge in [-0.05, 0) is 51.0 Å². The number of benzene rings is 2. The maximum Gasteiger partial charge on any atom is 0.394 e. The predicted octanol–water partition coefficient (Wildman–Crippen LogP) is -0.0715. The summed E-state index contributed by atoms with van der Waals surface area (Å²) in [6.45, 7) is 11.2. The Morgan fingerprint density at radius 3 is 1.22 bits per heavy atom. The smallest absolute Gasteiger partial charge is 0.389 e. The molecule has 12 N–H and O–H groups in total. The van der Waals surface area contributed by atoms with Crippen molar-refractivity contribution in [1.29, 1.82) is 0 Å². The van der Waals surface area contributed by atoms with E-state index in [0.29, 0.717) is 0 Å². The summed E-state index contributed by atoms with van der Waals surface area (Å²) in [4.78, 5) is 34.1. The average Bonchev–Trinajstić information content (AvgIpc) is 2.88. The molecule has 16 nitrogen and oxygen atoms in total. The van der Waals surface area contributed by atoms with Crippen molar-refractivity contribution in [3.8, 4) is 0 Å². The lowest BCUT2D eigenvalue weighted by Crippen LogP contribution is -2.38. The van der Waals surface area contributed by atoms with Crippen molar-refractivity contribution in [2.75, 3.05) is 36.0 Å². The highest BCUT2D eigenvalue weighted by molar-refractivity contribution is 7.79. The Labute approximate surface area is 264 Å². The van der Waals surface area contributed by atoms with E-state index in [2.05, 4.69) is 9.98 Å². The molecule has 0 aliphatic carbocycles. The quantitative estimate of drug-likeness (QED) is 0.0949. The molecule has 0 aromatic heterocycles. The number of amides is 2. The molecule has 0 saturated carbocycles. The summed E-state index contributed by atoms with van der Waals surface area (Å²) in [5, 5.41) is 19.8. The van der Waals surface area contributed by atoms with Gasteiger partial charge in [-0.2, -0.15) is 8.42 Å². The highest BCUT2D eigenvalue weighted by Crippen LogP contribution is 2.23. The highest BCUT2D eigenvalue weighted by atomic mass is 32.3. The van der Waals surface area contributed by atoms with Crippen molar-refractivity contribution in [3.05, 3.63) is 58.7 Å². The number of hydrogen-bond acceptors (Lipinski definition) is 8. The molecule has 0 aliphatic heterocycles. The largest absolute Gasteiger partial charge is 0.394 e. The third kappa shape index (κ3) is 18.2. The monoisotopic (exact) mass is 654 g/mol. The summed E-state index contributed by atoms with van der Waals surface area (Å²) in [7, 11) is -4.67. The number of carbonyl (C=O) groups is 2. The van der Waals surface area contributed by atoms with Gasteiger partial charge >= 0.3 is 10.4 Å². The number of aliphatic imine (C=N–C) groups is 2. The minimum Gasteiger partial charge on any atom is -0.389 e. The lowest BCUT2D eigenvalue weighted by atomic mass is 10.1. The molecular weight excluding hydrogens is 608 g/mol. The molecule has 0 heterocycles. The number of anilines is 2. The van der Waals surface area contributed by atoms with Crippen molar-refractivity contribution < 1.29 is 37.3 Å². The molecule has 0 aliphatic rings. The average molecular weight is 655 g/mol. The normalized spacial score (nSPS) is 11.8. The van der Waals surface area contributed by atoms with Crippen LogP contribution in [-0.2, 0) is 20.0 Å². The van der Waals surface area contributed by atoms with Crippen LogP contribution in [-0.4, -0.2) is 89.9 Å². The van der Waals surface area contributed by atoms with Gasteiger partial charge in [-0.25, -0.2) is 0 Å². The molecule has 0 saturated heterocycles. The molecular formula is C28H46N8O8S. The van der Waals surface area contributed by atoms with Crippen LogP contribution in [0, 0.1) is 27.7 Å². The molecule has 0 spiro atoms. The van der Waals surface area contributed by atoms with E-state index >= 15 is 0 Å². The lowest BCUT2D eigenvalue weighted by Gasteiger charge is -2.25. The van der Waals surface area contributed by atoms with Crippen LogP contribution in [0.4, 0.5) is 11.4 Å². The molecule has 2 amide bonds. The van der Waals surface area contributed by atoms with Crippen LogP contribution in [0.5, 0.6) is 0 Å². The summed E-state index contributed by atoms with van der Waals surface area (Å²) >= 11 is 0. The third-order valence-corrected chi connectivity index (χ3v) is 5.80. The second-order valence-electron chi connectivity index (χ2n) is 10.1. The number of nitrogens with zero attached hydrogens (tertiary/aromatic N) is 4. The van der Waals surface area contributed by atoms with Crippen LogP contribution in [0.15, 0.2) is 46.4 Å². The Hall–Kier alpha value is -4.29. The van der Waals surface area contributed by atoms with Gasteiger partial charge < -0.3 is 42.9 Å². The molecule has 0 radical (unpaired) electrons. The van der Waals surface area contributed by atoms with Crippen LogP contribution in [0.25, 0.3) is 0 Å². The van der Waals surface area contributed by atoms with E-state index in [9.17, 15) is 19.8 Å². The zero-order valence-electron chi connectivity index (χ0n) is 26.4. The van der Waals surface area contributed by atoms with Gasteiger partial charge in [0.05, 0.1) is 38.4 Å². The zero-order valence-corrected chi connectivity index (χ0v) is 27.2. The Bertz CT molecular complexity index is 1340. The van der Waals surface area contributed by atoms with Crippen LogP contribution in [0.3, 0.4) is 0 Å². The Morgan fingerprint density at radius 2 is 1.00 bits per heavy atom. The van der Waals surface area contributed by atoms with Crippen LogP contribution in [0.2, 0.25) is 0 Å². The van der Waals surface area contributed by atoms with Crippen LogP contribution in [0.1, 0.15) is 36.1 Å². The Balaban J connectivity index is 0.000000748. The van der Waals surface area contributed by atoms with Crippen molar-refractivity contribution in [2.24, 2.45) is 32.9 Å². The first-order chi connectivity index (χ1) is 20.6. The number of nitrogens with two attached hydrogens (primary N) is 4. The highest BCUT2D eigenvalue weighted by Gasteiger charge is 2.19. The molecule has 2 rings (SSSR count). The number of aliphatic hydroxyl groups is 2. The number of guanidine groups is 2. The molecule has 2 atom stereocenters. The summed E-state index contributed by atoms with van der Waals surface area (Å²) < 4.78 is 31.6. The first kappa shape index (κ1) is 40.7. The minimum absolute atomic E-state index is 0.0665. The third-order valence-electron chi connectivity index (χ3n) is 5.80. The van der Waals surface area contributed by atoms with Gasteiger partial charge in [0.25, 0.3) is 0 Å². The van der Waals surface area contributed by atoms with Gasteiger partial charge in [0, 0.05) is 25.2 Å². The number of carbonyl (C=O) groups excluding carboxylic acids is 2. The summed E-state index contributed by atoms with van der Waals surface area (Å²) in [6.07, 6.45) is -1.64. The Morgan fingerprint density at radius 1 is 0.711 bits per heavy atom. The Kier molecular flexibility index (Phi) is 17.3. The zero-order chi connectivity index (χ0) is 35.1. The van der Waals surface area contributed by atoms with Gasteiger partial charge in [-0.15, -0.1) is 0 Å². The molecule has 2 aromatic rings. The standard InChI is InChI=1S/2C14H22N4O2.H2O4S/c2*1-9-4-5-13(10(2)6-9)18(11(3)19)8-12(20)7-17-14(15)16;1-5(2,3)4/h2*4-6,12,20H,7-8H2,1-3H3,(H4,15,16,17);(H2,1,2,3,4). The summed E-state index contributed by atoms with van der Waals surface area (Å²) in [5.41, 5.74) is 26.6. The first-order valence-corrected chi connectivity index (χ1v) is 14.9. The summed E-state index contributed by atoms with van der Waals surface area (Å²) in [5.74, 6) is -0.434. The molecule has 252 valence electrons. The fourth-order valence-corrected chi connectivity index (χ4v) is 3.97. The fourth-order valence-electron chi connectivity index (χ4n) is 3.97. The number of hydrogen-bond donors (Lipinski definition) is 8. The van der Waals surface area contributed by atoms with E-state index in [-0.39, 0.29) is 49.9 Å². The van der Waals surface area contributed by atoms with E-state index in [0.717, 1.165) is 33.6 Å². The van der Waals surface area contributed by atoms with E-state index in [4.69, 9.17) is 40.5 Å². The van der Waals surface area contributed by atoms with Crippen LogP contribution >= 0.6 is 0 Å². The van der Waals surface area contributed by atoms with Crippen molar-refractivity contribution >= 4 is 45.5 Å². The van der Waals surface area contributed by atoms with Gasteiger partial charge in [0.1, 0.15) is 0 Å². The van der Waals surface area contributed by atoms with Crippen LogP contribution < -0.4 is 32.7 Å². The second-order valence-corrected chi connectivity index (χ2v) is 11.0. The number of aliphatic hydroxyl groups excluding tert-OH is 2. The second kappa shape index (κ2) is 19.2. The molecule has 0 fully saturated rings. The minimum atomic E-state index is -4.67. The predicted molar refractivity (Wildman–Crippen MR) is 175 cm³/mol. The van der Waals surface area contributed by atoms with Crippen molar-refractivity contribution in [1.82, 2.24) is 0 Å². The molecule has 45 heavy (non-hydrogen) atoms. The maximum absolute atomic E-state index is 11.8. The lowest BCUT2D eigenvalue weighted by molar-refractivity contribution is -0.117.